The molecule has 0 bridgehead atoms. The predicted molar refractivity (Wildman–Crippen MR) is 103 cm³/mol. The van der Waals surface area contributed by atoms with Gasteiger partial charge in [-0.3, -0.25) is 9.59 Å². The molecule has 0 aliphatic heterocycles. The molecule has 3 aromatic rings. The Labute approximate surface area is 154 Å². The monoisotopic (exact) mass is 367 g/mol. The summed E-state index contributed by atoms with van der Waals surface area (Å²) in [5.74, 6) is -0.141. The molecule has 5 heteroatoms. The van der Waals surface area contributed by atoms with E-state index in [0.717, 1.165) is 31.2 Å². The van der Waals surface area contributed by atoms with Crippen molar-refractivity contribution in [3.63, 3.8) is 0 Å². The summed E-state index contributed by atoms with van der Waals surface area (Å²) in [6.07, 6.45) is 4.14. The molecule has 0 spiro atoms. The quantitative estimate of drug-likeness (QED) is 0.647. The summed E-state index contributed by atoms with van der Waals surface area (Å²) in [6, 6.07) is 13.0. The van der Waals surface area contributed by atoms with Crippen molar-refractivity contribution in [1.82, 2.24) is 0 Å². The van der Waals surface area contributed by atoms with Crippen molar-refractivity contribution >= 4 is 39.4 Å². The Morgan fingerprint density at radius 2 is 1.76 bits per heavy atom. The third kappa shape index (κ3) is 3.17. The smallest absolute Gasteiger partial charge is 0.266 e. The van der Waals surface area contributed by atoms with E-state index in [2.05, 4.69) is 5.32 Å². The van der Waals surface area contributed by atoms with Crippen LogP contribution in [0.2, 0.25) is 0 Å². The fraction of sp³-hybridized carbons (Fsp3) is 0.200. The van der Waals surface area contributed by atoms with E-state index in [1.165, 1.54) is 16.2 Å². The largest absolute Gasteiger partial charge is 0.312 e. The Kier molecular flexibility index (Phi) is 4.51. The van der Waals surface area contributed by atoms with Crippen LogP contribution in [0.3, 0.4) is 0 Å². The van der Waals surface area contributed by atoms with Crippen LogP contribution < -0.4 is 5.32 Å². The standard InChI is InChI=1S/C20H17NO2S2/c22-18(13-7-2-1-3-8-13)17-14-9-4-5-10-15(14)25-20(17)21-19(23)16-11-6-12-24-16/h1-3,6-8,11-12H,4-5,9-10H2,(H,21,23). The Morgan fingerprint density at radius 1 is 0.960 bits per heavy atom. The molecule has 0 saturated carbocycles. The van der Waals surface area contributed by atoms with Crippen molar-refractivity contribution in [2.75, 3.05) is 5.32 Å². The van der Waals surface area contributed by atoms with Gasteiger partial charge in [-0.05, 0) is 42.7 Å². The second-order valence-corrected chi connectivity index (χ2v) is 8.09. The van der Waals surface area contributed by atoms with Crippen LogP contribution in [0.4, 0.5) is 5.00 Å². The molecule has 1 aliphatic carbocycles. The summed E-state index contributed by atoms with van der Waals surface area (Å²) < 4.78 is 0. The minimum atomic E-state index is -0.143. The number of anilines is 1. The third-order valence-electron chi connectivity index (χ3n) is 4.41. The Balaban J connectivity index is 1.75. The normalized spacial score (nSPS) is 13.3. The maximum absolute atomic E-state index is 13.1. The van der Waals surface area contributed by atoms with Crippen LogP contribution >= 0.6 is 22.7 Å². The highest BCUT2D eigenvalue weighted by atomic mass is 32.1. The number of amides is 1. The van der Waals surface area contributed by atoms with Gasteiger partial charge in [-0.2, -0.15) is 0 Å². The minimum absolute atomic E-state index is 0.00137. The maximum atomic E-state index is 13.1. The molecule has 1 amide bonds. The van der Waals surface area contributed by atoms with E-state index >= 15 is 0 Å². The molecule has 1 N–H and O–H groups in total. The molecule has 0 fully saturated rings. The molecule has 0 atom stereocenters. The van der Waals surface area contributed by atoms with Crippen molar-refractivity contribution in [3.05, 3.63) is 74.3 Å². The molecule has 126 valence electrons. The molecule has 1 aliphatic rings. The van der Waals surface area contributed by atoms with Gasteiger partial charge >= 0.3 is 0 Å². The molecule has 3 nitrogen and oxygen atoms in total. The van der Waals surface area contributed by atoms with Gasteiger partial charge in [0.05, 0.1) is 10.4 Å². The zero-order valence-electron chi connectivity index (χ0n) is 13.6. The second kappa shape index (κ2) is 6.94. The van der Waals surface area contributed by atoms with Crippen LogP contribution in [-0.4, -0.2) is 11.7 Å². The van der Waals surface area contributed by atoms with Gasteiger partial charge in [-0.1, -0.05) is 36.4 Å². The third-order valence-corrected chi connectivity index (χ3v) is 6.48. The SMILES string of the molecule is O=C(Nc1sc2c(c1C(=O)c1ccccc1)CCCC2)c1cccs1. The van der Waals surface area contributed by atoms with Crippen LogP contribution in [0.25, 0.3) is 0 Å². The first-order chi connectivity index (χ1) is 12.2. The lowest BCUT2D eigenvalue weighted by atomic mass is 9.92. The maximum Gasteiger partial charge on any atom is 0.266 e. The number of hydrogen-bond donors (Lipinski definition) is 1. The lowest BCUT2D eigenvalue weighted by Gasteiger charge is -2.12. The van der Waals surface area contributed by atoms with E-state index in [4.69, 9.17) is 0 Å². The molecule has 0 radical (unpaired) electrons. The highest BCUT2D eigenvalue weighted by molar-refractivity contribution is 7.17. The fourth-order valence-corrected chi connectivity index (χ4v) is 5.10. The second-order valence-electron chi connectivity index (χ2n) is 6.04. The average Bonchev–Trinajstić information content (AvgIpc) is 3.29. The Hall–Kier alpha value is -2.24. The highest BCUT2D eigenvalue weighted by Gasteiger charge is 2.27. The zero-order valence-corrected chi connectivity index (χ0v) is 15.2. The van der Waals surface area contributed by atoms with E-state index in [1.807, 2.05) is 41.8 Å². The van der Waals surface area contributed by atoms with Crippen molar-refractivity contribution in [1.29, 1.82) is 0 Å². The van der Waals surface area contributed by atoms with Gasteiger partial charge in [0.1, 0.15) is 5.00 Å². The molecule has 2 heterocycles. The number of ketones is 1. The van der Waals surface area contributed by atoms with Gasteiger partial charge in [-0.25, -0.2) is 0 Å². The van der Waals surface area contributed by atoms with E-state index in [1.54, 1.807) is 17.4 Å². The lowest BCUT2D eigenvalue weighted by Crippen LogP contribution is -2.14. The van der Waals surface area contributed by atoms with Crippen molar-refractivity contribution < 1.29 is 9.59 Å². The number of fused-ring (bicyclic) bond motifs is 1. The summed E-state index contributed by atoms with van der Waals surface area (Å²) in [6.45, 7) is 0. The van der Waals surface area contributed by atoms with Crippen LogP contribution in [-0.2, 0) is 12.8 Å². The van der Waals surface area contributed by atoms with Gasteiger partial charge in [0, 0.05) is 10.4 Å². The number of aryl methyl sites for hydroxylation is 1. The molecule has 0 unspecified atom stereocenters. The van der Waals surface area contributed by atoms with E-state index in [-0.39, 0.29) is 11.7 Å². The number of hydrogen-bond acceptors (Lipinski definition) is 4. The zero-order chi connectivity index (χ0) is 17.2. The van der Waals surface area contributed by atoms with Gasteiger partial charge < -0.3 is 5.32 Å². The number of carbonyl (C=O) groups is 2. The van der Waals surface area contributed by atoms with Gasteiger partial charge in [-0.15, -0.1) is 22.7 Å². The number of thiophene rings is 2. The topological polar surface area (TPSA) is 46.2 Å². The van der Waals surface area contributed by atoms with Crippen molar-refractivity contribution in [2.45, 2.75) is 25.7 Å². The molecular weight excluding hydrogens is 350 g/mol. The number of carbonyl (C=O) groups excluding carboxylic acids is 2. The first-order valence-electron chi connectivity index (χ1n) is 8.33. The molecule has 0 saturated heterocycles. The van der Waals surface area contributed by atoms with Crippen molar-refractivity contribution in [3.8, 4) is 0 Å². The highest BCUT2D eigenvalue weighted by Crippen LogP contribution is 2.39. The predicted octanol–water partition coefficient (Wildman–Crippen LogP) is 5.17. The number of benzene rings is 1. The van der Waals surface area contributed by atoms with E-state index < -0.39 is 0 Å². The van der Waals surface area contributed by atoms with Gasteiger partial charge in [0.15, 0.2) is 5.78 Å². The average molecular weight is 367 g/mol. The molecule has 25 heavy (non-hydrogen) atoms. The summed E-state index contributed by atoms with van der Waals surface area (Å²) in [4.78, 5) is 27.5. The number of nitrogens with one attached hydrogen (secondary N) is 1. The Bertz CT molecular complexity index is 911. The Morgan fingerprint density at radius 3 is 2.52 bits per heavy atom. The van der Waals surface area contributed by atoms with Crippen LogP contribution in [0.1, 0.15) is 48.9 Å². The van der Waals surface area contributed by atoms with Gasteiger partial charge in [0.25, 0.3) is 5.91 Å². The first-order valence-corrected chi connectivity index (χ1v) is 10.0. The van der Waals surface area contributed by atoms with Crippen LogP contribution in [0, 0.1) is 0 Å². The van der Waals surface area contributed by atoms with E-state index in [0.29, 0.717) is 21.0 Å². The fourth-order valence-electron chi connectivity index (χ4n) is 3.20. The van der Waals surface area contributed by atoms with Gasteiger partial charge in [0.2, 0.25) is 0 Å². The number of rotatable bonds is 4. The summed E-state index contributed by atoms with van der Waals surface area (Å²) in [5, 5.41) is 5.56. The van der Waals surface area contributed by atoms with Crippen LogP contribution in [0.15, 0.2) is 47.8 Å². The molecule has 2 aromatic heterocycles. The van der Waals surface area contributed by atoms with Crippen molar-refractivity contribution in [2.24, 2.45) is 0 Å². The molecular formula is C20H17NO2S2. The summed E-state index contributed by atoms with van der Waals surface area (Å²) in [5.41, 5.74) is 2.49. The molecule has 4 rings (SSSR count). The first kappa shape index (κ1) is 16.2. The minimum Gasteiger partial charge on any atom is -0.312 e. The lowest BCUT2D eigenvalue weighted by molar-refractivity contribution is 0.103. The van der Waals surface area contributed by atoms with E-state index in [9.17, 15) is 9.59 Å². The summed E-state index contributed by atoms with van der Waals surface area (Å²) in [7, 11) is 0. The van der Waals surface area contributed by atoms with Crippen LogP contribution in [0.5, 0.6) is 0 Å². The summed E-state index contributed by atoms with van der Waals surface area (Å²) >= 11 is 2.97. The molecule has 1 aromatic carbocycles.